The van der Waals surface area contributed by atoms with E-state index in [1.807, 2.05) is 0 Å². The van der Waals surface area contributed by atoms with Crippen LogP contribution in [0.1, 0.15) is 23.1 Å². The molecule has 0 amide bonds. The minimum Gasteiger partial charge on any atom is -0.481 e. The number of rotatable bonds is 13. The first-order valence-corrected chi connectivity index (χ1v) is 16.0. The number of aromatic nitrogens is 6. The summed E-state index contributed by atoms with van der Waals surface area (Å²) in [5.74, 6) is -5.39. The van der Waals surface area contributed by atoms with Gasteiger partial charge in [0.15, 0.2) is 11.6 Å². The number of carbonyl (C=O) groups is 1. The average Bonchev–Trinajstić information content (AvgIpc) is 3.50. The monoisotopic (exact) mass is 722 g/mol. The molecule has 6 rings (SSSR count). The third-order valence-electron chi connectivity index (χ3n) is 8.26. The molecule has 4 N–H and O–H groups in total. The summed E-state index contributed by atoms with van der Waals surface area (Å²) in [5, 5.41) is 18.5. The summed E-state index contributed by atoms with van der Waals surface area (Å²) in [6.07, 6.45) is 4.60. The summed E-state index contributed by atoms with van der Waals surface area (Å²) >= 11 is 6.75. The van der Waals surface area contributed by atoms with Gasteiger partial charge in [0, 0.05) is 53.7 Å². The normalized spacial score (nSPS) is 11.5. The van der Waals surface area contributed by atoms with Crippen molar-refractivity contribution in [3.05, 3.63) is 115 Å². The lowest BCUT2D eigenvalue weighted by Gasteiger charge is -2.19. The van der Waals surface area contributed by atoms with Gasteiger partial charge in [-0.05, 0) is 42.6 Å². The first kappa shape index (κ1) is 35.3. The zero-order valence-electron chi connectivity index (χ0n) is 27.0. The van der Waals surface area contributed by atoms with Gasteiger partial charge in [0.1, 0.15) is 5.82 Å². The molecule has 3 heterocycles. The number of anilines is 2. The molecule has 6 aromatic rings. The van der Waals surface area contributed by atoms with Crippen molar-refractivity contribution in [1.29, 1.82) is 0 Å². The first-order chi connectivity index (χ1) is 24.5. The molecule has 0 atom stereocenters. The minimum absolute atomic E-state index is 0.0196. The number of fused-ring (bicyclic) bond motifs is 2. The number of ether oxygens (including phenoxy) is 1. The van der Waals surface area contributed by atoms with Crippen LogP contribution in [0.2, 0.25) is 5.02 Å². The van der Waals surface area contributed by atoms with E-state index in [4.69, 9.17) is 22.1 Å². The summed E-state index contributed by atoms with van der Waals surface area (Å²) in [6, 6.07) is 7.54. The van der Waals surface area contributed by atoms with Gasteiger partial charge in [-0.3, -0.25) is 19.0 Å². The molecule has 51 heavy (non-hydrogen) atoms. The van der Waals surface area contributed by atoms with Crippen LogP contribution in [0.25, 0.3) is 27.4 Å². The Morgan fingerprint density at radius 3 is 2.59 bits per heavy atom. The Balaban J connectivity index is 1.58. The van der Waals surface area contributed by atoms with Gasteiger partial charge in [-0.15, -0.1) is 0 Å². The average molecular weight is 723 g/mol. The number of halogens is 4. The molecule has 0 saturated heterocycles. The molecule has 0 saturated carbocycles. The van der Waals surface area contributed by atoms with E-state index in [9.17, 15) is 28.3 Å². The summed E-state index contributed by atoms with van der Waals surface area (Å²) in [7, 11) is 1.56. The highest BCUT2D eigenvalue weighted by molar-refractivity contribution is 6.34. The third-order valence-corrected chi connectivity index (χ3v) is 8.56. The van der Waals surface area contributed by atoms with Crippen LogP contribution in [0, 0.1) is 17.5 Å². The van der Waals surface area contributed by atoms with E-state index in [1.165, 1.54) is 12.4 Å². The zero-order valence-corrected chi connectivity index (χ0v) is 27.8. The first-order valence-electron chi connectivity index (χ1n) is 15.6. The summed E-state index contributed by atoms with van der Waals surface area (Å²) in [6.45, 7) is 0.295. The molecule has 0 bridgehead atoms. The van der Waals surface area contributed by atoms with Crippen molar-refractivity contribution in [2.24, 2.45) is 5.73 Å². The Morgan fingerprint density at radius 1 is 1.06 bits per heavy atom. The lowest BCUT2D eigenvalue weighted by atomic mass is 10.0. The molecule has 0 aliphatic rings. The largest absolute Gasteiger partial charge is 0.481 e. The van der Waals surface area contributed by atoms with E-state index in [-0.39, 0.29) is 42.2 Å². The molecule has 17 heteroatoms. The van der Waals surface area contributed by atoms with Gasteiger partial charge in [-0.1, -0.05) is 29.8 Å². The number of nitrogens with one attached hydrogen (secondary N) is 1. The summed E-state index contributed by atoms with van der Waals surface area (Å²) in [5.41, 5.74) is 5.26. The second-order valence-electron chi connectivity index (χ2n) is 11.5. The van der Waals surface area contributed by atoms with Crippen molar-refractivity contribution in [2.45, 2.75) is 32.4 Å². The van der Waals surface area contributed by atoms with Crippen molar-refractivity contribution < 1.29 is 27.8 Å². The highest BCUT2D eigenvalue weighted by Gasteiger charge is 2.23. The number of aliphatic carboxylic acids is 1. The van der Waals surface area contributed by atoms with Crippen LogP contribution in [0.3, 0.4) is 0 Å². The van der Waals surface area contributed by atoms with Crippen molar-refractivity contribution in [2.75, 3.05) is 25.6 Å². The van der Waals surface area contributed by atoms with Gasteiger partial charge < -0.3 is 20.9 Å². The third kappa shape index (κ3) is 7.06. The lowest BCUT2D eigenvalue weighted by Crippen LogP contribution is -2.42. The number of carboxylic acid groups (broad SMARTS) is 1. The fourth-order valence-corrected chi connectivity index (χ4v) is 6.17. The van der Waals surface area contributed by atoms with Gasteiger partial charge in [0.25, 0.3) is 0 Å². The molecule has 264 valence electrons. The Hall–Kier alpha value is -5.58. The quantitative estimate of drug-likeness (QED) is 0.146. The summed E-state index contributed by atoms with van der Waals surface area (Å²) in [4.78, 5) is 48.1. The van der Waals surface area contributed by atoms with Gasteiger partial charge >= 0.3 is 17.3 Å². The maximum absolute atomic E-state index is 15.1. The standard InChI is InChI=1S/C34H30ClF3N8O5/c1-51-10-9-44-17-22-21(7-8-39)31(23(35)12-27(22)43-44)41-32-42-33(49)46(34(50)45(32)16-20-11-25(37)26(38)13-24(20)36)28-15-40-14-19-4-2-3-18(30(19)28)5-6-29(47)48/h2-4,11-15,17H,5-10,16,39H2,1H3,(H,47,48)(H,41,42,49). The van der Waals surface area contributed by atoms with Crippen molar-refractivity contribution in [3.63, 3.8) is 0 Å². The molecular weight excluding hydrogens is 693 g/mol. The fraction of sp³-hybridized carbons (Fsp3) is 0.235. The van der Waals surface area contributed by atoms with Gasteiger partial charge in [0.2, 0.25) is 5.95 Å². The molecule has 0 unspecified atom stereocenters. The van der Waals surface area contributed by atoms with E-state index in [0.717, 1.165) is 4.57 Å². The Bertz CT molecular complexity index is 2430. The van der Waals surface area contributed by atoms with Crippen molar-refractivity contribution in [1.82, 2.24) is 28.9 Å². The number of nitrogens with zero attached hydrogens (tertiary/aromatic N) is 6. The molecule has 0 aliphatic heterocycles. The van der Waals surface area contributed by atoms with Crippen LogP contribution in [0.15, 0.2) is 64.6 Å². The van der Waals surface area contributed by atoms with E-state index < -0.39 is 52.9 Å². The van der Waals surface area contributed by atoms with E-state index >= 15 is 4.39 Å². The van der Waals surface area contributed by atoms with Crippen LogP contribution in [0.5, 0.6) is 0 Å². The van der Waals surface area contributed by atoms with E-state index in [2.05, 4.69) is 20.4 Å². The smallest absolute Gasteiger partial charge is 0.359 e. The Morgan fingerprint density at radius 2 is 1.84 bits per heavy atom. The molecule has 0 aliphatic carbocycles. The molecule has 0 radical (unpaired) electrons. The van der Waals surface area contributed by atoms with Gasteiger partial charge in [-0.25, -0.2) is 27.3 Å². The second-order valence-corrected chi connectivity index (χ2v) is 11.9. The highest BCUT2D eigenvalue weighted by Crippen LogP contribution is 2.35. The van der Waals surface area contributed by atoms with Crippen LogP contribution in [-0.2, 0) is 35.5 Å². The molecule has 13 nitrogen and oxygen atoms in total. The summed E-state index contributed by atoms with van der Waals surface area (Å²) < 4.78 is 51.8. The van der Waals surface area contributed by atoms with Crippen molar-refractivity contribution in [3.8, 4) is 5.69 Å². The predicted molar refractivity (Wildman–Crippen MR) is 183 cm³/mol. The van der Waals surface area contributed by atoms with Crippen molar-refractivity contribution >= 4 is 50.9 Å². The molecule has 3 aromatic heterocycles. The fourth-order valence-electron chi connectivity index (χ4n) is 5.90. The molecule has 0 spiro atoms. The lowest BCUT2D eigenvalue weighted by molar-refractivity contribution is -0.136. The number of carboxylic acids is 1. The van der Waals surface area contributed by atoms with Crippen LogP contribution < -0.4 is 22.4 Å². The Labute approximate surface area is 291 Å². The van der Waals surface area contributed by atoms with E-state index in [0.29, 0.717) is 62.7 Å². The maximum atomic E-state index is 15.1. The van der Waals surface area contributed by atoms with Gasteiger partial charge in [-0.2, -0.15) is 10.1 Å². The second kappa shape index (κ2) is 14.7. The topological polar surface area (TPSA) is 172 Å². The van der Waals surface area contributed by atoms with E-state index in [1.54, 1.807) is 42.3 Å². The number of aryl methyl sites for hydroxylation is 1. The number of hydrogen-bond acceptors (Lipinski definition) is 9. The number of nitrogens with two attached hydrogens (primary N) is 1. The van der Waals surface area contributed by atoms with Gasteiger partial charge in [0.05, 0.1) is 47.8 Å². The number of pyridine rings is 1. The predicted octanol–water partition coefficient (Wildman–Crippen LogP) is 4.32. The Kier molecular flexibility index (Phi) is 10.2. The number of methoxy groups -OCH3 is 1. The SMILES string of the molecule is COCCn1cc2c(CCN)c(Nc3nc(=O)n(-c4cncc5cccc(CCC(=O)O)c45)c(=O)n3Cc3cc(F)c(F)cc3F)c(Cl)cc2n1. The highest BCUT2D eigenvalue weighted by atomic mass is 35.5. The molecule has 3 aromatic carbocycles. The van der Waals surface area contributed by atoms with Crippen LogP contribution >= 0.6 is 11.6 Å². The molecular formula is C34H30ClF3N8O5. The number of benzene rings is 3. The molecule has 0 fully saturated rings. The zero-order chi connectivity index (χ0) is 36.4. The number of hydrogen-bond donors (Lipinski definition) is 3. The minimum atomic E-state index is -1.43. The van der Waals surface area contributed by atoms with Crippen LogP contribution in [-0.4, -0.2) is 60.2 Å². The maximum Gasteiger partial charge on any atom is 0.359 e. The van der Waals surface area contributed by atoms with Crippen LogP contribution in [0.4, 0.5) is 24.8 Å².